The second-order valence-corrected chi connectivity index (χ2v) is 7.69. The van der Waals surface area contributed by atoms with Gasteiger partial charge < -0.3 is 20.7 Å². The lowest BCUT2D eigenvalue weighted by molar-refractivity contribution is -0.274. The Hall–Kier alpha value is -4.07. The van der Waals surface area contributed by atoms with Crippen molar-refractivity contribution in [1.29, 1.82) is 0 Å². The number of nitrogens with one attached hydrogen (secondary N) is 3. The molecular weight excluding hydrogens is 481 g/mol. The number of hydrogen-bond donors (Lipinski definition) is 3. The van der Waals surface area contributed by atoms with Crippen molar-refractivity contribution in [2.24, 2.45) is 0 Å². The highest BCUT2D eigenvalue weighted by Gasteiger charge is 2.31. The summed E-state index contributed by atoms with van der Waals surface area (Å²) in [6.45, 7) is 0.924. The summed E-state index contributed by atoms with van der Waals surface area (Å²) < 4.78 is 42.5. The summed E-state index contributed by atoms with van der Waals surface area (Å²) in [5.74, 6) is -0.913. The molecule has 0 bridgehead atoms. The molecule has 11 nitrogen and oxygen atoms in total. The molecule has 0 saturated heterocycles. The maximum atomic E-state index is 12.4. The highest BCUT2D eigenvalue weighted by molar-refractivity contribution is 5.92. The predicted molar refractivity (Wildman–Crippen MR) is 122 cm³/mol. The number of anilines is 1. The molecule has 2 amide bonds. The minimum atomic E-state index is -4.80. The number of aryl methyl sites for hydroxylation is 2. The van der Waals surface area contributed by atoms with Crippen molar-refractivity contribution in [3.05, 3.63) is 59.5 Å². The van der Waals surface area contributed by atoms with E-state index < -0.39 is 18.0 Å². The molecule has 2 heterocycles. The van der Waals surface area contributed by atoms with Gasteiger partial charge in [0.1, 0.15) is 5.75 Å². The number of carbonyl (C=O) groups excluding carboxylic acids is 2. The van der Waals surface area contributed by atoms with Crippen LogP contribution in [-0.2, 0) is 24.2 Å². The molecule has 1 aromatic carbocycles. The zero-order valence-electron chi connectivity index (χ0n) is 19.4. The molecule has 0 aliphatic heterocycles. The molecule has 0 atom stereocenters. The summed E-state index contributed by atoms with van der Waals surface area (Å²) in [5.41, 5.74) is 1.34. The highest BCUT2D eigenvalue weighted by Crippen LogP contribution is 2.23. The van der Waals surface area contributed by atoms with E-state index in [1.165, 1.54) is 12.1 Å². The van der Waals surface area contributed by atoms with Crippen LogP contribution in [0.2, 0.25) is 0 Å². The predicted octanol–water partition coefficient (Wildman–Crippen LogP) is 2.08. The highest BCUT2D eigenvalue weighted by atomic mass is 19.4. The van der Waals surface area contributed by atoms with Gasteiger partial charge in [-0.25, -0.2) is 0 Å². The number of hydrogen-bond acceptors (Lipinski definition) is 8. The molecule has 0 aliphatic rings. The van der Waals surface area contributed by atoms with Crippen LogP contribution in [0.15, 0.2) is 42.6 Å². The Balaban J connectivity index is 1.40. The van der Waals surface area contributed by atoms with Gasteiger partial charge in [0, 0.05) is 6.54 Å². The Labute approximate surface area is 204 Å². The molecule has 3 N–H and O–H groups in total. The Morgan fingerprint density at radius 3 is 2.64 bits per heavy atom. The Morgan fingerprint density at radius 2 is 1.92 bits per heavy atom. The van der Waals surface area contributed by atoms with Crippen LogP contribution in [0.1, 0.15) is 34.6 Å². The van der Waals surface area contributed by atoms with Crippen LogP contribution < -0.4 is 20.7 Å². The maximum Gasteiger partial charge on any atom is 0.573 e. The lowest BCUT2D eigenvalue weighted by atomic mass is 10.1. The number of nitrogens with zero attached hydrogens (tertiary/aromatic N) is 5. The van der Waals surface area contributed by atoms with Crippen LogP contribution >= 0.6 is 0 Å². The molecule has 0 fully saturated rings. The van der Waals surface area contributed by atoms with Gasteiger partial charge in [0.25, 0.3) is 5.91 Å². The number of rotatable bonds is 12. The molecule has 3 aromatic rings. The average Bonchev–Trinajstić information content (AvgIpc) is 3.29. The molecular formula is C22H25F3N8O3. The first-order valence-electron chi connectivity index (χ1n) is 11.0. The minimum Gasteiger partial charge on any atom is -0.406 e. The molecule has 2 aromatic heterocycles. The molecule has 0 spiro atoms. The Morgan fingerprint density at radius 1 is 1.08 bits per heavy atom. The summed E-state index contributed by atoms with van der Waals surface area (Å²) in [6, 6.07) is 8.56. The third-order valence-corrected chi connectivity index (χ3v) is 4.75. The quantitative estimate of drug-likeness (QED) is 0.251. The lowest BCUT2D eigenvalue weighted by Crippen LogP contribution is -2.31. The second kappa shape index (κ2) is 12.6. The van der Waals surface area contributed by atoms with Crippen molar-refractivity contribution in [2.75, 3.05) is 19.0 Å². The van der Waals surface area contributed by atoms with E-state index in [1.807, 2.05) is 0 Å². The number of aromatic nitrogens is 5. The van der Waals surface area contributed by atoms with E-state index in [1.54, 1.807) is 30.1 Å². The van der Waals surface area contributed by atoms with Gasteiger partial charge in [-0.15, -0.1) is 23.4 Å². The van der Waals surface area contributed by atoms with Gasteiger partial charge in [0.2, 0.25) is 5.91 Å². The topological polar surface area (TPSA) is 136 Å². The fraction of sp³-hybridized carbons (Fsp3) is 0.364. The monoisotopic (exact) mass is 506 g/mol. The van der Waals surface area contributed by atoms with Crippen LogP contribution in [0.4, 0.5) is 19.0 Å². The van der Waals surface area contributed by atoms with E-state index in [2.05, 4.69) is 41.2 Å². The number of halogens is 3. The summed E-state index contributed by atoms with van der Waals surface area (Å²) >= 11 is 0. The zero-order valence-corrected chi connectivity index (χ0v) is 19.4. The number of unbranched alkanes of at least 4 members (excludes halogenated alkanes) is 1. The van der Waals surface area contributed by atoms with Crippen molar-refractivity contribution in [3.8, 4) is 5.75 Å². The third-order valence-electron chi connectivity index (χ3n) is 4.75. The minimum absolute atomic E-state index is 0.153. The van der Waals surface area contributed by atoms with E-state index in [0.29, 0.717) is 25.2 Å². The van der Waals surface area contributed by atoms with E-state index in [4.69, 9.17) is 0 Å². The van der Waals surface area contributed by atoms with Crippen LogP contribution in [0.25, 0.3) is 0 Å². The molecule has 0 aliphatic carbocycles. The first kappa shape index (κ1) is 26.5. The van der Waals surface area contributed by atoms with Gasteiger partial charge in [0.15, 0.2) is 11.5 Å². The van der Waals surface area contributed by atoms with Crippen LogP contribution in [0, 0.1) is 0 Å². The Kier molecular flexibility index (Phi) is 9.27. The average molecular weight is 506 g/mol. The first-order valence-corrected chi connectivity index (χ1v) is 11.0. The summed E-state index contributed by atoms with van der Waals surface area (Å²) in [4.78, 5) is 24.0. The summed E-state index contributed by atoms with van der Waals surface area (Å²) in [6.07, 6.45) is -1.16. The largest absolute Gasteiger partial charge is 0.573 e. The second-order valence-electron chi connectivity index (χ2n) is 7.69. The lowest BCUT2D eigenvalue weighted by Gasteiger charge is -2.10. The fourth-order valence-corrected chi connectivity index (χ4v) is 3.14. The molecule has 0 radical (unpaired) electrons. The van der Waals surface area contributed by atoms with Crippen LogP contribution in [-0.4, -0.2) is 57.1 Å². The number of amides is 2. The molecule has 192 valence electrons. The van der Waals surface area contributed by atoms with Gasteiger partial charge in [-0.3, -0.25) is 14.3 Å². The van der Waals surface area contributed by atoms with E-state index in [9.17, 15) is 22.8 Å². The van der Waals surface area contributed by atoms with Crippen molar-refractivity contribution < 1.29 is 27.5 Å². The van der Waals surface area contributed by atoms with Gasteiger partial charge in [-0.05, 0) is 56.1 Å². The van der Waals surface area contributed by atoms with Crippen molar-refractivity contribution in [1.82, 2.24) is 35.8 Å². The Bertz CT molecular complexity index is 1150. The summed E-state index contributed by atoms with van der Waals surface area (Å²) in [5, 5.41) is 23.9. The van der Waals surface area contributed by atoms with Gasteiger partial charge in [-0.1, -0.05) is 17.3 Å². The first-order chi connectivity index (χ1) is 17.2. The summed E-state index contributed by atoms with van der Waals surface area (Å²) in [7, 11) is 1.72. The number of ether oxygens (including phenoxy) is 1. The smallest absolute Gasteiger partial charge is 0.406 e. The van der Waals surface area contributed by atoms with E-state index in [0.717, 1.165) is 30.7 Å². The third kappa shape index (κ3) is 8.94. The van der Waals surface area contributed by atoms with Gasteiger partial charge >= 0.3 is 6.36 Å². The van der Waals surface area contributed by atoms with Crippen LogP contribution in [0.3, 0.4) is 0 Å². The SMILES string of the molecule is CNCNC(=O)c1cn(CCCCc2ccc(NC(=O)Cc3cccc(OC(F)(F)F)c3)nn2)nn1. The molecule has 0 saturated carbocycles. The number of carbonyl (C=O) groups is 2. The molecule has 14 heteroatoms. The fourth-order valence-electron chi connectivity index (χ4n) is 3.14. The van der Waals surface area contributed by atoms with E-state index >= 15 is 0 Å². The van der Waals surface area contributed by atoms with Gasteiger partial charge in [0.05, 0.1) is 25.0 Å². The van der Waals surface area contributed by atoms with Crippen LogP contribution in [0.5, 0.6) is 5.75 Å². The molecule has 0 unspecified atom stereocenters. The van der Waals surface area contributed by atoms with E-state index in [-0.39, 0.29) is 23.8 Å². The van der Waals surface area contributed by atoms with Crippen molar-refractivity contribution in [3.63, 3.8) is 0 Å². The van der Waals surface area contributed by atoms with Crippen molar-refractivity contribution >= 4 is 17.6 Å². The molecule has 36 heavy (non-hydrogen) atoms. The number of benzene rings is 1. The number of alkyl halides is 3. The van der Waals surface area contributed by atoms with Crippen molar-refractivity contribution in [2.45, 2.75) is 38.6 Å². The van der Waals surface area contributed by atoms with Gasteiger partial charge in [-0.2, -0.15) is 5.10 Å². The maximum absolute atomic E-state index is 12.4. The standard InChI is InChI=1S/C22H25F3N8O3/c1-26-14-27-21(35)18-13-33(32-30-18)10-3-2-6-16-8-9-19(31-29-16)28-20(34)12-15-5-4-7-17(11-15)36-22(23,24)25/h4-5,7-9,11,13,26H,2-3,6,10,12,14H2,1H3,(H,27,35)(H,28,31,34). The molecule has 3 rings (SSSR count). The zero-order chi connectivity index (χ0) is 26.0. The normalized spacial score (nSPS) is 11.2.